The Morgan fingerprint density at radius 3 is 2.79 bits per heavy atom. The Morgan fingerprint density at radius 1 is 1.42 bits per heavy atom. The van der Waals surface area contributed by atoms with Crippen molar-refractivity contribution in [2.45, 2.75) is 38.6 Å². The molecule has 1 saturated carbocycles. The molecular formula is C16H24FNO. The molecule has 106 valence electrons. The molecule has 0 saturated heterocycles. The maximum Gasteiger partial charge on any atom is 0.168 e. The number of hydrogen-bond acceptors (Lipinski definition) is 2. The first-order valence-corrected chi connectivity index (χ1v) is 7.16. The number of methoxy groups -OCH3 is 1. The maximum absolute atomic E-state index is 14.2. The van der Waals surface area contributed by atoms with Gasteiger partial charge < -0.3 is 10.1 Å². The number of ether oxygens (including phenoxy) is 1. The van der Waals surface area contributed by atoms with E-state index in [1.54, 1.807) is 6.07 Å². The lowest BCUT2D eigenvalue weighted by molar-refractivity contribution is 0.304. The summed E-state index contributed by atoms with van der Waals surface area (Å²) in [7, 11) is 3.49. The molecule has 1 aliphatic rings. The van der Waals surface area contributed by atoms with Crippen LogP contribution < -0.4 is 10.1 Å². The minimum absolute atomic E-state index is 0.212. The minimum atomic E-state index is -0.212. The Hall–Kier alpha value is -1.09. The quantitative estimate of drug-likeness (QED) is 0.881. The average molecular weight is 265 g/mol. The molecule has 0 aliphatic heterocycles. The lowest BCUT2D eigenvalue weighted by atomic mass is 9.86. The van der Waals surface area contributed by atoms with E-state index >= 15 is 0 Å². The summed E-state index contributed by atoms with van der Waals surface area (Å²) >= 11 is 0. The van der Waals surface area contributed by atoms with Crippen LogP contribution >= 0.6 is 0 Å². The molecule has 2 rings (SSSR count). The molecule has 3 atom stereocenters. The zero-order valence-electron chi connectivity index (χ0n) is 12.1. The van der Waals surface area contributed by atoms with Crippen LogP contribution in [0.25, 0.3) is 0 Å². The van der Waals surface area contributed by atoms with Crippen molar-refractivity contribution < 1.29 is 9.13 Å². The van der Waals surface area contributed by atoms with Gasteiger partial charge in [-0.15, -0.1) is 0 Å². The lowest BCUT2D eigenvalue weighted by Gasteiger charge is -2.27. The smallest absolute Gasteiger partial charge is 0.168 e. The van der Waals surface area contributed by atoms with Crippen molar-refractivity contribution in [2.24, 2.45) is 11.8 Å². The highest BCUT2D eigenvalue weighted by molar-refractivity contribution is 5.31. The Kier molecular flexibility index (Phi) is 4.81. The van der Waals surface area contributed by atoms with Gasteiger partial charge in [0, 0.05) is 6.04 Å². The summed E-state index contributed by atoms with van der Waals surface area (Å²) in [6.45, 7) is 2.31. The zero-order chi connectivity index (χ0) is 13.8. The van der Waals surface area contributed by atoms with E-state index in [4.69, 9.17) is 4.74 Å². The van der Waals surface area contributed by atoms with E-state index in [0.29, 0.717) is 17.7 Å². The lowest BCUT2D eigenvalue weighted by Crippen LogP contribution is -2.37. The minimum Gasteiger partial charge on any atom is -0.494 e. The van der Waals surface area contributed by atoms with E-state index in [-0.39, 0.29) is 5.82 Å². The van der Waals surface area contributed by atoms with Crippen LogP contribution in [0.3, 0.4) is 0 Å². The van der Waals surface area contributed by atoms with Gasteiger partial charge in [0.25, 0.3) is 0 Å². The molecule has 1 aromatic carbocycles. The first kappa shape index (κ1) is 14.3. The van der Waals surface area contributed by atoms with Gasteiger partial charge in [0.2, 0.25) is 0 Å². The molecule has 19 heavy (non-hydrogen) atoms. The molecule has 3 heteroatoms. The van der Waals surface area contributed by atoms with Gasteiger partial charge in [0.05, 0.1) is 7.11 Å². The van der Waals surface area contributed by atoms with Crippen molar-refractivity contribution in [1.82, 2.24) is 5.32 Å². The van der Waals surface area contributed by atoms with Crippen LogP contribution in [0.4, 0.5) is 4.39 Å². The van der Waals surface area contributed by atoms with Crippen molar-refractivity contribution >= 4 is 0 Å². The number of rotatable bonds is 5. The normalized spacial score (nSPS) is 24.4. The molecule has 0 bridgehead atoms. The molecule has 3 unspecified atom stereocenters. The summed E-state index contributed by atoms with van der Waals surface area (Å²) in [6.07, 6.45) is 4.57. The third kappa shape index (κ3) is 3.08. The summed E-state index contributed by atoms with van der Waals surface area (Å²) in [5.41, 5.74) is 0.748. The first-order chi connectivity index (χ1) is 9.17. The summed E-state index contributed by atoms with van der Waals surface area (Å²) in [5.74, 6) is 1.50. The Morgan fingerprint density at radius 2 is 2.21 bits per heavy atom. The predicted octanol–water partition coefficient (Wildman–Crippen LogP) is 3.40. The Bertz CT molecular complexity index is 421. The first-order valence-electron chi connectivity index (χ1n) is 7.16. The van der Waals surface area contributed by atoms with Crippen molar-refractivity contribution in [3.8, 4) is 5.75 Å². The topological polar surface area (TPSA) is 21.3 Å². The fourth-order valence-corrected chi connectivity index (χ4v) is 3.35. The fraction of sp³-hybridized carbons (Fsp3) is 0.625. The zero-order valence-corrected chi connectivity index (χ0v) is 12.1. The SMILES string of the molecule is CNC(Cc1cccc(OC)c1F)C1CCCC1C. The summed E-state index contributed by atoms with van der Waals surface area (Å²) in [6, 6.07) is 5.74. The number of likely N-dealkylation sites (N-methyl/N-ethyl adjacent to an activating group) is 1. The number of nitrogens with one attached hydrogen (secondary N) is 1. The third-order valence-electron chi connectivity index (χ3n) is 4.52. The van der Waals surface area contributed by atoms with Crippen molar-refractivity contribution in [3.05, 3.63) is 29.6 Å². The van der Waals surface area contributed by atoms with Gasteiger partial charge in [-0.25, -0.2) is 4.39 Å². The maximum atomic E-state index is 14.2. The molecule has 1 N–H and O–H groups in total. The molecule has 1 fully saturated rings. The van der Waals surface area contributed by atoms with E-state index in [2.05, 4.69) is 12.2 Å². The molecule has 1 aliphatic carbocycles. The van der Waals surface area contributed by atoms with Gasteiger partial charge in [-0.1, -0.05) is 31.9 Å². The van der Waals surface area contributed by atoms with Crippen LogP contribution in [0.15, 0.2) is 18.2 Å². The molecule has 0 spiro atoms. The number of benzene rings is 1. The highest BCUT2D eigenvalue weighted by Crippen LogP contribution is 2.35. The summed E-state index contributed by atoms with van der Waals surface area (Å²) in [5, 5.41) is 3.38. The fourth-order valence-electron chi connectivity index (χ4n) is 3.35. The standard InChI is InChI=1S/C16H24FNO/c1-11-6-4-8-13(11)14(18-2)10-12-7-5-9-15(19-3)16(12)17/h5,7,9,11,13-14,18H,4,6,8,10H2,1-3H3. The Labute approximate surface area is 115 Å². The molecule has 0 aromatic heterocycles. The molecule has 2 nitrogen and oxygen atoms in total. The number of halogens is 1. The van der Waals surface area contributed by atoms with Crippen LogP contribution in [-0.4, -0.2) is 20.2 Å². The van der Waals surface area contributed by atoms with Crippen molar-refractivity contribution in [1.29, 1.82) is 0 Å². The van der Waals surface area contributed by atoms with E-state index in [1.165, 1.54) is 26.4 Å². The van der Waals surface area contributed by atoms with Crippen molar-refractivity contribution in [3.63, 3.8) is 0 Å². The molecular weight excluding hydrogens is 241 g/mol. The summed E-state index contributed by atoms with van der Waals surface area (Å²) in [4.78, 5) is 0. The Balaban J connectivity index is 2.14. The highest BCUT2D eigenvalue weighted by atomic mass is 19.1. The van der Waals surface area contributed by atoms with Gasteiger partial charge in [-0.2, -0.15) is 0 Å². The van der Waals surface area contributed by atoms with E-state index in [9.17, 15) is 4.39 Å². The van der Waals surface area contributed by atoms with Gasteiger partial charge >= 0.3 is 0 Å². The second-order valence-corrected chi connectivity index (χ2v) is 5.60. The van der Waals surface area contributed by atoms with E-state index < -0.39 is 0 Å². The average Bonchev–Trinajstić information content (AvgIpc) is 2.84. The second-order valence-electron chi connectivity index (χ2n) is 5.60. The monoisotopic (exact) mass is 265 g/mol. The van der Waals surface area contributed by atoms with Crippen LogP contribution in [0.1, 0.15) is 31.7 Å². The predicted molar refractivity (Wildman–Crippen MR) is 76.0 cm³/mol. The largest absolute Gasteiger partial charge is 0.494 e. The van der Waals surface area contributed by atoms with E-state index in [0.717, 1.165) is 17.9 Å². The second kappa shape index (κ2) is 6.38. The van der Waals surface area contributed by atoms with Gasteiger partial charge in [-0.05, 0) is 43.4 Å². The van der Waals surface area contributed by atoms with E-state index in [1.807, 2.05) is 19.2 Å². The van der Waals surface area contributed by atoms with Crippen LogP contribution in [0, 0.1) is 17.7 Å². The van der Waals surface area contributed by atoms with Gasteiger partial charge in [0.1, 0.15) is 0 Å². The van der Waals surface area contributed by atoms with Crippen LogP contribution in [-0.2, 0) is 6.42 Å². The highest BCUT2D eigenvalue weighted by Gasteiger charge is 2.30. The molecule has 0 radical (unpaired) electrons. The van der Waals surface area contributed by atoms with Crippen LogP contribution in [0.5, 0.6) is 5.75 Å². The van der Waals surface area contributed by atoms with Crippen molar-refractivity contribution in [2.75, 3.05) is 14.2 Å². The van der Waals surface area contributed by atoms with Gasteiger partial charge in [0.15, 0.2) is 11.6 Å². The molecule has 0 amide bonds. The third-order valence-corrected chi connectivity index (χ3v) is 4.52. The number of hydrogen-bond donors (Lipinski definition) is 1. The van der Waals surface area contributed by atoms with Crippen LogP contribution in [0.2, 0.25) is 0 Å². The molecule has 0 heterocycles. The van der Waals surface area contributed by atoms with Gasteiger partial charge in [-0.3, -0.25) is 0 Å². The summed E-state index contributed by atoms with van der Waals surface area (Å²) < 4.78 is 19.3. The molecule has 1 aromatic rings.